The second-order valence-electron chi connectivity index (χ2n) is 3.98. The lowest BCUT2D eigenvalue weighted by Crippen LogP contribution is -2.11. The normalized spacial score (nSPS) is 12.9. The summed E-state index contributed by atoms with van der Waals surface area (Å²) >= 11 is 0. The third kappa shape index (κ3) is 2.49. The zero-order valence-corrected chi connectivity index (χ0v) is 9.13. The number of hydrogen-bond acceptors (Lipinski definition) is 2. The molecule has 1 rings (SSSR count). The van der Waals surface area contributed by atoms with Gasteiger partial charge in [-0.05, 0) is 13.8 Å². The molecule has 1 heterocycles. The second kappa shape index (κ2) is 3.83. The highest BCUT2D eigenvalue weighted by Crippen LogP contribution is 2.28. The van der Waals surface area contributed by atoms with Crippen molar-refractivity contribution in [1.82, 2.24) is 14.8 Å². The van der Waals surface area contributed by atoms with Gasteiger partial charge in [0, 0.05) is 12.0 Å². The molecule has 0 N–H and O–H groups in total. The topological polar surface area (TPSA) is 30.7 Å². The van der Waals surface area contributed by atoms with Crippen LogP contribution in [0.2, 0.25) is 0 Å². The van der Waals surface area contributed by atoms with Gasteiger partial charge in [0.25, 0.3) is 5.82 Å². The Labute approximate surface area is 86.3 Å². The van der Waals surface area contributed by atoms with Crippen molar-refractivity contribution in [3.05, 3.63) is 11.6 Å². The summed E-state index contributed by atoms with van der Waals surface area (Å²) in [5.41, 5.74) is 0. The number of halogens is 3. The van der Waals surface area contributed by atoms with E-state index in [0.717, 1.165) is 0 Å². The highest BCUT2D eigenvalue weighted by atomic mass is 19.4. The lowest BCUT2D eigenvalue weighted by atomic mass is 10.2. The molecule has 0 spiro atoms. The molecule has 0 atom stereocenters. The predicted molar refractivity (Wildman–Crippen MR) is 49.5 cm³/mol. The first-order chi connectivity index (χ1) is 6.73. The van der Waals surface area contributed by atoms with Gasteiger partial charge < -0.3 is 0 Å². The number of rotatable bonds is 2. The van der Waals surface area contributed by atoms with Gasteiger partial charge in [0.15, 0.2) is 0 Å². The van der Waals surface area contributed by atoms with Gasteiger partial charge in [-0.15, -0.1) is 5.10 Å². The number of alkyl halides is 3. The Balaban J connectivity index is 3.21. The van der Waals surface area contributed by atoms with Crippen LogP contribution in [0, 0.1) is 0 Å². The zero-order chi connectivity index (χ0) is 11.8. The largest absolute Gasteiger partial charge is 0.453 e. The second-order valence-corrected chi connectivity index (χ2v) is 3.98. The van der Waals surface area contributed by atoms with Gasteiger partial charge in [-0.3, -0.25) is 0 Å². The van der Waals surface area contributed by atoms with Gasteiger partial charge in [-0.1, -0.05) is 13.8 Å². The van der Waals surface area contributed by atoms with Gasteiger partial charge in [0.1, 0.15) is 5.82 Å². The maximum atomic E-state index is 12.4. The van der Waals surface area contributed by atoms with Crippen LogP contribution in [0.25, 0.3) is 0 Å². The minimum Gasteiger partial charge on any atom is -0.247 e. The molecule has 0 saturated heterocycles. The van der Waals surface area contributed by atoms with Crippen LogP contribution < -0.4 is 0 Å². The van der Waals surface area contributed by atoms with E-state index >= 15 is 0 Å². The molecule has 1 aromatic heterocycles. The van der Waals surface area contributed by atoms with Crippen molar-refractivity contribution in [2.45, 2.75) is 45.8 Å². The van der Waals surface area contributed by atoms with E-state index in [4.69, 9.17) is 0 Å². The molecule has 6 heteroatoms. The predicted octanol–water partition coefficient (Wildman–Crippen LogP) is 3.00. The lowest BCUT2D eigenvalue weighted by Gasteiger charge is -2.10. The molecule has 0 radical (unpaired) electrons. The monoisotopic (exact) mass is 221 g/mol. The van der Waals surface area contributed by atoms with Gasteiger partial charge in [-0.25, -0.2) is 9.67 Å². The van der Waals surface area contributed by atoms with Crippen molar-refractivity contribution in [1.29, 1.82) is 0 Å². The quantitative estimate of drug-likeness (QED) is 0.768. The molecule has 0 aliphatic rings. The van der Waals surface area contributed by atoms with Crippen LogP contribution >= 0.6 is 0 Å². The molecular weight excluding hydrogens is 207 g/mol. The Morgan fingerprint density at radius 2 is 1.67 bits per heavy atom. The van der Waals surface area contributed by atoms with Crippen LogP contribution in [0.4, 0.5) is 13.2 Å². The van der Waals surface area contributed by atoms with Crippen molar-refractivity contribution in [2.24, 2.45) is 0 Å². The van der Waals surface area contributed by atoms with E-state index < -0.39 is 12.0 Å². The first-order valence-electron chi connectivity index (χ1n) is 4.77. The Hall–Kier alpha value is -1.07. The molecule has 0 amide bonds. The Kier molecular flexibility index (Phi) is 3.06. The third-order valence-corrected chi connectivity index (χ3v) is 1.92. The summed E-state index contributed by atoms with van der Waals surface area (Å²) < 4.78 is 38.4. The number of nitrogens with zero attached hydrogens (tertiary/aromatic N) is 3. The van der Waals surface area contributed by atoms with Crippen LogP contribution in [0.1, 0.15) is 51.3 Å². The summed E-state index contributed by atoms with van der Waals surface area (Å²) in [7, 11) is 0. The van der Waals surface area contributed by atoms with Crippen LogP contribution in [-0.2, 0) is 6.18 Å². The van der Waals surface area contributed by atoms with E-state index in [1.54, 1.807) is 27.7 Å². The van der Waals surface area contributed by atoms with Crippen molar-refractivity contribution in [3.63, 3.8) is 0 Å². The van der Waals surface area contributed by atoms with Gasteiger partial charge in [0.05, 0.1) is 0 Å². The molecule has 0 aliphatic heterocycles. The summed E-state index contributed by atoms with van der Waals surface area (Å²) in [6.45, 7) is 7.15. The Bertz CT molecular complexity index is 313. The van der Waals surface area contributed by atoms with Crippen LogP contribution in [0.15, 0.2) is 0 Å². The number of hydrogen-bond donors (Lipinski definition) is 0. The third-order valence-electron chi connectivity index (χ3n) is 1.92. The molecule has 0 bridgehead atoms. The average Bonchev–Trinajstić information content (AvgIpc) is 2.45. The van der Waals surface area contributed by atoms with Gasteiger partial charge in [0.2, 0.25) is 0 Å². The van der Waals surface area contributed by atoms with Gasteiger partial charge in [-0.2, -0.15) is 13.2 Å². The maximum Gasteiger partial charge on any atom is 0.453 e. The fourth-order valence-corrected chi connectivity index (χ4v) is 1.23. The SMILES string of the molecule is CC(C)c1nc(C(F)(F)F)nn1C(C)C. The highest BCUT2D eigenvalue weighted by molar-refractivity contribution is 5.01. The van der Waals surface area contributed by atoms with Crippen LogP contribution in [0.5, 0.6) is 0 Å². The van der Waals surface area contributed by atoms with Crippen molar-refractivity contribution < 1.29 is 13.2 Å². The smallest absolute Gasteiger partial charge is 0.247 e. The van der Waals surface area contributed by atoms with E-state index in [1.807, 2.05) is 0 Å². The summed E-state index contributed by atoms with van der Waals surface area (Å²) in [5, 5.41) is 3.48. The minimum atomic E-state index is -4.47. The first kappa shape index (κ1) is 12.0. The molecule has 86 valence electrons. The molecule has 0 unspecified atom stereocenters. The summed E-state index contributed by atoms with van der Waals surface area (Å²) in [5.74, 6) is -0.756. The van der Waals surface area contributed by atoms with Crippen LogP contribution in [-0.4, -0.2) is 14.8 Å². The molecule has 15 heavy (non-hydrogen) atoms. The fourth-order valence-electron chi connectivity index (χ4n) is 1.23. The lowest BCUT2D eigenvalue weighted by molar-refractivity contribution is -0.145. The van der Waals surface area contributed by atoms with Crippen LogP contribution in [0.3, 0.4) is 0 Å². The van der Waals surface area contributed by atoms with Crippen molar-refractivity contribution in [2.75, 3.05) is 0 Å². The molecule has 3 nitrogen and oxygen atoms in total. The minimum absolute atomic E-state index is 0.0731. The summed E-state index contributed by atoms with van der Waals surface area (Å²) in [4.78, 5) is 3.53. The highest BCUT2D eigenvalue weighted by Gasteiger charge is 2.37. The zero-order valence-electron chi connectivity index (χ0n) is 9.13. The Morgan fingerprint density at radius 3 is 1.93 bits per heavy atom. The van der Waals surface area contributed by atoms with Crippen molar-refractivity contribution >= 4 is 0 Å². The maximum absolute atomic E-state index is 12.4. The fraction of sp³-hybridized carbons (Fsp3) is 0.778. The standard InChI is InChI=1S/C9H14F3N3/c1-5(2)7-13-8(9(10,11)12)14-15(7)6(3)4/h5-6H,1-4H3. The Morgan fingerprint density at radius 1 is 1.13 bits per heavy atom. The molecular formula is C9H14F3N3. The molecule has 0 aromatic carbocycles. The summed E-state index contributed by atoms with van der Waals surface area (Å²) in [6.07, 6.45) is -4.47. The molecule has 0 saturated carbocycles. The van der Waals surface area contributed by atoms with E-state index in [2.05, 4.69) is 10.1 Å². The molecule has 0 fully saturated rings. The number of aromatic nitrogens is 3. The van der Waals surface area contributed by atoms with E-state index in [0.29, 0.717) is 5.82 Å². The first-order valence-corrected chi connectivity index (χ1v) is 4.77. The van der Waals surface area contributed by atoms with E-state index in [1.165, 1.54) is 4.68 Å². The molecule has 0 aliphatic carbocycles. The summed E-state index contributed by atoms with van der Waals surface area (Å²) in [6, 6.07) is -0.119. The average molecular weight is 221 g/mol. The molecule has 1 aromatic rings. The van der Waals surface area contributed by atoms with Crippen molar-refractivity contribution in [3.8, 4) is 0 Å². The van der Waals surface area contributed by atoms with Gasteiger partial charge >= 0.3 is 6.18 Å². The van der Waals surface area contributed by atoms with E-state index in [9.17, 15) is 13.2 Å². The van der Waals surface area contributed by atoms with E-state index in [-0.39, 0.29) is 12.0 Å².